The molecule has 196 valence electrons. The van der Waals surface area contributed by atoms with Crippen LogP contribution < -0.4 is 21.7 Å². The molecule has 1 heterocycles. The molecule has 0 saturated heterocycles. The number of non-ortho nitro benzene ring substituents is 1. The number of carboxylic acid groups (broad SMARTS) is 2. The molecule has 3 atom stereocenters. The number of nitro groups is 1. The Morgan fingerprint density at radius 2 is 1.72 bits per heavy atom. The predicted octanol–water partition coefficient (Wildman–Crippen LogP) is -0.153. The number of rotatable bonds is 9. The van der Waals surface area contributed by atoms with Gasteiger partial charge in [-0.3, -0.25) is 29.3 Å². The third-order valence-electron chi connectivity index (χ3n) is 5.29. The van der Waals surface area contributed by atoms with Crippen LogP contribution in [0, 0.1) is 10.1 Å². The van der Waals surface area contributed by atoms with Crippen LogP contribution in [0.1, 0.15) is 42.5 Å². The van der Waals surface area contributed by atoms with Crippen LogP contribution >= 0.6 is 11.8 Å². The number of nitrogens with one attached hydrogen (secondary N) is 3. The lowest BCUT2D eigenvalue weighted by Crippen LogP contribution is -2.56. The van der Waals surface area contributed by atoms with Crippen molar-refractivity contribution in [2.24, 2.45) is 5.73 Å². The van der Waals surface area contributed by atoms with Crippen molar-refractivity contribution >= 4 is 47.1 Å². The van der Waals surface area contributed by atoms with Gasteiger partial charge >= 0.3 is 11.9 Å². The van der Waals surface area contributed by atoms with Crippen LogP contribution in [0.15, 0.2) is 23.1 Å². The number of carbonyl (C=O) groups is 5. The van der Waals surface area contributed by atoms with E-state index in [0.717, 1.165) is 23.9 Å². The summed E-state index contributed by atoms with van der Waals surface area (Å²) in [5, 5.41) is 37.1. The lowest BCUT2D eigenvalue weighted by atomic mass is 10.1. The maximum absolute atomic E-state index is 13.1. The van der Waals surface area contributed by atoms with Gasteiger partial charge in [-0.1, -0.05) is 0 Å². The first kappa shape index (κ1) is 28.5. The van der Waals surface area contributed by atoms with E-state index in [4.69, 9.17) is 10.8 Å². The van der Waals surface area contributed by atoms with E-state index in [1.165, 1.54) is 6.07 Å². The van der Waals surface area contributed by atoms with E-state index >= 15 is 0 Å². The molecule has 0 fully saturated rings. The number of unbranched alkanes of at least 4 members (excludes halogenated alkanes) is 1. The molecule has 1 aromatic carbocycles. The summed E-state index contributed by atoms with van der Waals surface area (Å²) in [5.74, 6) is -5.32. The van der Waals surface area contributed by atoms with Gasteiger partial charge in [0.25, 0.3) is 11.6 Å². The van der Waals surface area contributed by atoms with Gasteiger partial charge in [-0.2, -0.15) is 0 Å². The van der Waals surface area contributed by atoms with Crippen LogP contribution in [0.4, 0.5) is 5.69 Å². The van der Waals surface area contributed by atoms with Crippen molar-refractivity contribution in [1.29, 1.82) is 0 Å². The number of nitrogens with zero attached hydrogens (tertiary/aromatic N) is 1. The summed E-state index contributed by atoms with van der Waals surface area (Å²) in [5.41, 5.74) is 4.88. The van der Waals surface area contributed by atoms with Gasteiger partial charge in [0, 0.05) is 29.2 Å². The molecular formula is C21H27N5O9S. The third-order valence-corrected chi connectivity index (χ3v) is 6.45. The summed E-state index contributed by atoms with van der Waals surface area (Å²) in [4.78, 5) is 72.5. The van der Waals surface area contributed by atoms with E-state index in [1.807, 2.05) is 0 Å². The number of carboxylic acids is 2. The highest BCUT2D eigenvalue weighted by molar-refractivity contribution is 7.99. The Kier molecular flexibility index (Phi) is 10.6. The monoisotopic (exact) mass is 525 g/mol. The number of nitrogens with two attached hydrogens (primary N) is 1. The molecule has 0 aromatic heterocycles. The molecule has 1 aliphatic heterocycles. The van der Waals surface area contributed by atoms with Crippen LogP contribution in [0.25, 0.3) is 0 Å². The second-order valence-electron chi connectivity index (χ2n) is 7.95. The maximum Gasteiger partial charge on any atom is 0.327 e. The molecule has 15 heteroatoms. The number of benzene rings is 1. The summed E-state index contributed by atoms with van der Waals surface area (Å²) < 4.78 is 0. The molecular weight excluding hydrogens is 498 g/mol. The Morgan fingerprint density at radius 3 is 2.33 bits per heavy atom. The highest BCUT2D eigenvalue weighted by atomic mass is 32.2. The number of amides is 3. The minimum atomic E-state index is -1.40. The number of hydrogen-bond acceptors (Lipinski definition) is 9. The third kappa shape index (κ3) is 8.20. The summed E-state index contributed by atoms with van der Waals surface area (Å²) in [7, 11) is 0. The fraction of sp³-hybridized carbons (Fsp3) is 0.476. The van der Waals surface area contributed by atoms with E-state index in [0.29, 0.717) is 19.4 Å². The van der Waals surface area contributed by atoms with Crippen LogP contribution in [-0.2, 0) is 19.2 Å². The summed E-state index contributed by atoms with van der Waals surface area (Å²) in [6.07, 6.45) is 0.285. The van der Waals surface area contributed by atoms with E-state index in [2.05, 4.69) is 16.0 Å². The number of carbonyl (C=O) groups excluding carboxylic acids is 3. The standard InChI is InChI=1S/C21H27N5O9S/c22-8-2-1-3-13-19(30)25-15(21(32)33)10-36-16-6-4-11(26(34)35)9-12(16)18(29)23-14(20(31)24-13)5-7-17(27)28/h4,6,9,13-15H,1-3,5,7-8,10,22H2,(H,23,29)(H,24,31)(H,25,30)(H,27,28)(H,32,33). The minimum Gasteiger partial charge on any atom is -0.481 e. The summed E-state index contributed by atoms with van der Waals surface area (Å²) in [6, 6.07) is -0.567. The zero-order valence-corrected chi connectivity index (χ0v) is 19.9. The number of aliphatic carboxylic acids is 2. The fourth-order valence-corrected chi connectivity index (χ4v) is 4.41. The van der Waals surface area contributed by atoms with Gasteiger partial charge in [0.2, 0.25) is 11.8 Å². The van der Waals surface area contributed by atoms with Gasteiger partial charge < -0.3 is 31.9 Å². The second-order valence-corrected chi connectivity index (χ2v) is 9.01. The second kappa shape index (κ2) is 13.4. The molecule has 0 spiro atoms. The molecule has 3 unspecified atom stereocenters. The van der Waals surface area contributed by atoms with E-state index < -0.39 is 64.8 Å². The lowest BCUT2D eigenvalue weighted by Gasteiger charge is -2.24. The Balaban J connectivity index is 2.50. The van der Waals surface area contributed by atoms with Crippen molar-refractivity contribution < 1.29 is 39.1 Å². The number of fused-ring (bicyclic) bond motifs is 1. The number of hydrogen-bond donors (Lipinski definition) is 6. The van der Waals surface area contributed by atoms with Gasteiger partial charge in [0.05, 0.1) is 10.5 Å². The molecule has 1 aromatic rings. The molecule has 0 radical (unpaired) electrons. The predicted molar refractivity (Wildman–Crippen MR) is 126 cm³/mol. The van der Waals surface area contributed by atoms with Crippen molar-refractivity contribution in [1.82, 2.24) is 16.0 Å². The molecule has 36 heavy (non-hydrogen) atoms. The number of thioether (sulfide) groups is 1. The van der Waals surface area contributed by atoms with E-state index in [1.54, 1.807) is 0 Å². The van der Waals surface area contributed by atoms with Crippen molar-refractivity contribution in [3.8, 4) is 0 Å². The topological polar surface area (TPSA) is 231 Å². The zero-order chi connectivity index (χ0) is 26.8. The molecule has 0 bridgehead atoms. The molecule has 1 aliphatic rings. The SMILES string of the molecule is NCCCCC1NC(=O)C(CCC(=O)O)NC(=O)c2cc([N+](=O)[O-])ccc2SCC(C(=O)O)NC1=O. The lowest BCUT2D eigenvalue weighted by molar-refractivity contribution is -0.384. The van der Waals surface area contributed by atoms with Gasteiger partial charge in [-0.15, -0.1) is 11.8 Å². The zero-order valence-electron chi connectivity index (χ0n) is 19.1. The molecule has 0 aliphatic carbocycles. The molecule has 0 saturated carbocycles. The fourth-order valence-electron chi connectivity index (χ4n) is 3.36. The van der Waals surface area contributed by atoms with Crippen LogP contribution in [-0.4, -0.2) is 75.2 Å². The highest BCUT2D eigenvalue weighted by Crippen LogP contribution is 2.28. The van der Waals surface area contributed by atoms with E-state index in [9.17, 15) is 39.2 Å². The first-order valence-electron chi connectivity index (χ1n) is 11.0. The molecule has 7 N–H and O–H groups in total. The summed E-state index contributed by atoms with van der Waals surface area (Å²) in [6.45, 7) is 0.332. The average Bonchev–Trinajstić information content (AvgIpc) is 2.82. The largest absolute Gasteiger partial charge is 0.481 e. The van der Waals surface area contributed by atoms with Crippen molar-refractivity contribution in [3.63, 3.8) is 0 Å². The Labute approximate surface area is 209 Å². The van der Waals surface area contributed by atoms with Crippen molar-refractivity contribution in [3.05, 3.63) is 33.9 Å². The molecule has 2 rings (SSSR count). The highest BCUT2D eigenvalue weighted by Gasteiger charge is 2.32. The smallest absolute Gasteiger partial charge is 0.327 e. The first-order chi connectivity index (χ1) is 17.0. The van der Waals surface area contributed by atoms with Gasteiger partial charge in [-0.25, -0.2) is 4.79 Å². The minimum absolute atomic E-state index is 0.125. The quantitative estimate of drug-likeness (QED) is 0.141. The van der Waals surface area contributed by atoms with E-state index in [-0.39, 0.29) is 29.1 Å². The van der Waals surface area contributed by atoms with Crippen LogP contribution in [0.3, 0.4) is 0 Å². The average molecular weight is 526 g/mol. The number of nitro benzene ring substituents is 1. The molecule has 14 nitrogen and oxygen atoms in total. The first-order valence-corrected chi connectivity index (χ1v) is 12.0. The Bertz CT molecular complexity index is 1040. The molecule has 3 amide bonds. The van der Waals surface area contributed by atoms with Gasteiger partial charge in [0.1, 0.15) is 18.1 Å². The Hall–Kier alpha value is -3.72. The van der Waals surface area contributed by atoms with Crippen LogP contribution in [0.2, 0.25) is 0 Å². The summed E-state index contributed by atoms with van der Waals surface area (Å²) >= 11 is 0.879. The van der Waals surface area contributed by atoms with Crippen molar-refractivity contribution in [2.45, 2.75) is 55.1 Å². The van der Waals surface area contributed by atoms with Gasteiger partial charge in [-0.05, 0) is 38.3 Å². The van der Waals surface area contributed by atoms with Gasteiger partial charge in [0.15, 0.2) is 0 Å². The Morgan fingerprint density at radius 1 is 1.06 bits per heavy atom. The maximum atomic E-state index is 13.1. The van der Waals surface area contributed by atoms with Crippen LogP contribution in [0.5, 0.6) is 0 Å². The van der Waals surface area contributed by atoms with Crippen molar-refractivity contribution in [2.75, 3.05) is 12.3 Å². The normalized spacial score (nSPS) is 20.9.